The summed E-state index contributed by atoms with van der Waals surface area (Å²) in [5.41, 5.74) is 1.12. The zero-order valence-corrected chi connectivity index (χ0v) is 13.5. The molecule has 0 aliphatic heterocycles. The molecule has 0 amide bonds. The highest BCUT2D eigenvalue weighted by atomic mass is 32.1. The van der Waals surface area contributed by atoms with Crippen molar-refractivity contribution in [3.63, 3.8) is 0 Å². The topological polar surface area (TPSA) is 18.5 Å². The first-order valence-corrected chi connectivity index (χ1v) is 7.44. The largest absolute Gasteiger partial charge is 0.495 e. The van der Waals surface area contributed by atoms with E-state index in [1.165, 1.54) is 5.57 Å². The minimum atomic E-state index is -0.0883. The summed E-state index contributed by atoms with van der Waals surface area (Å²) in [5, 5.41) is 1.75. The van der Waals surface area contributed by atoms with Gasteiger partial charge in [-0.2, -0.15) is 0 Å². The van der Waals surface area contributed by atoms with Gasteiger partial charge in [0.25, 0.3) is 0 Å². The molecule has 1 aliphatic carbocycles. The molecule has 2 atom stereocenters. The van der Waals surface area contributed by atoms with Crippen LogP contribution in [0.2, 0.25) is 0 Å². The first kappa shape index (κ1) is 16.4. The molecule has 0 aromatic heterocycles. The third-order valence-electron chi connectivity index (χ3n) is 3.21. The van der Waals surface area contributed by atoms with E-state index in [2.05, 4.69) is 40.7 Å². The molecule has 19 heavy (non-hydrogen) atoms. The van der Waals surface area contributed by atoms with E-state index < -0.39 is 0 Å². The number of hydrogen-bond acceptors (Lipinski definition) is 3. The van der Waals surface area contributed by atoms with Crippen molar-refractivity contribution in [2.75, 3.05) is 6.61 Å². The van der Waals surface area contributed by atoms with E-state index in [-0.39, 0.29) is 11.7 Å². The van der Waals surface area contributed by atoms with Gasteiger partial charge in [0, 0.05) is 17.7 Å². The predicted octanol–water partition coefficient (Wildman–Crippen LogP) is 4.45. The van der Waals surface area contributed by atoms with Gasteiger partial charge >= 0.3 is 0 Å². The van der Waals surface area contributed by atoms with Crippen LogP contribution in [0.4, 0.5) is 0 Å². The molecule has 3 heteroatoms. The van der Waals surface area contributed by atoms with Crippen LogP contribution in [-0.4, -0.2) is 23.7 Å². The molecular formula is C16H26O2S. The lowest BCUT2D eigenvalue weighted by Gasteiger charge is -2.27. The Balaban J connectivity index is 2.42. The molecule has 0 N–H and O–H groups in total. The van der Waals surface area contributed by atoms with Crippen molar-refractivity contribution < 1.29 is 9.47 Å². The van der Waals surface area contributed by atoms with E-state index in [1.54, 1.807) is 5.37 Å². The Morgan fingerprint density at radius 3 is 2.42 bits per heavy atom. The van der Waals surface area contributed by atoms with Gasteiger partial charge in [-0.1, -0.05) is 25.2 Å². The Hall–Kier alpha value is -0.670. The van der Waals surface area contributed by atoms with Crippen molar-refractivity contribution >= 4 is 17.6 Å². The summed E-state index contributed by atoms with van der Waals surface area (Å²) in [6.45, 7) is 11.2. The maximum Gasteiger partial charge on any atom is 0.100 e. The Morgan fingerprint density at radius 1 is 1.26 bits per heavy atom. The molecule has 2 unspecified atom stereocenters. The summed E-state index contributed by atoms with van der Waals surface area (Å²) in [6.07, 6.45) is 6.17. The van der Waals surface area contributed by atoms with Crippen molar-refractivity contribution in [1.29, 1.82) is 0 Å². The first-order valence-electron chi connectivity index (χ1n) is 6.97. The summed E-state index contributed by atoms with van der Waals surface area (Å²) in [5.74, 6) is 1.42. The Kier molecular flexibility index (Phi) is 6.21. The molecule has 108 valence electrons. The van der Waals surface area contributed by atoms with Gasteiger partial charge in [-0.05, 0) is 45.8 Å². The van der Waals surface area contributed by atoms with Crippen LogP contribution >= 0.6 is 12.2 Å². The zero-order chi connectivity index (χ0) is 14.5. The van der Waals surface area contributed by atoms with Crippen LogP contribution in [0.25, 0.3) is 0 Å². The lowest BCUT2D eigenvalue weighted by molar-refractivity contribution is -0.0464. The number of hydrogen-bond donors (Lipinski definition) is 0. The highest BCUT2D eigenvalue weighted by Gasteiger charge is 2.19. The monoisotopic (exact) mass is 282 g/mol. The number of ether oxygens (including phenoxy) is 2. The first-order chi connectivity index (χ1) is 8.81. The van der Waals surface area contributed by atoms with Crippen LogP contribution in [0.5, 0.6) is 0 Å². The number of allylic oxidation sites excluding steroid dienone is 4. The van der Waals surface area contributed by atoms with Crippen LogP contribution in [0, 0.1) is 5.92 Å². The summed E-state index contributed by atoms with van der Waals surface area (Å²) >= 11 is 4.93. The Morgan fingerprint density at radius 2 is 1.95 bits per heavy atom. The van der Waals surface area contributed by atoms with E-state index in [1.807, 2.05) is 6.08 Å². The molecule has 1 rings (SSSR count). The van der Waals surface area contributed by atoms with E-state index in [0.717, 1.165) is 25.2 Å². The molecule has 2 nitrogen and oxygen atoms in total. The van der Waals surface area contributed by atoms with Gasteiger partial charge in [-0.25, -0.2) is 0 Å². The lowest BCUT2D eigenvalue weighted by Crippen LogP contribution is -2.28. The summed E-state index contributed by atoms with van der Waals surface area (Å²) < 4.78 is 11.8. The maximum absolute atomic E-state index is 6.00. The smallest absolute Gasteiger partial charge is 0.100 e. The Labute approximate surface area is 122 Å². The van der Waals surface area contributed by atoms with Gasteiger partial charge < -0.3 is 9.47 Å². The normalized spacial score (nSPS) is 19.2. The average molecular weight is 282 g/mol. The standard InChI is InChI=1S/C16H26O2S/c1-12(10-17-16(3,4)5)13(2)18-15-8-6-14(11-19)7-9-15/h6,8,11-13H,7,9-10H2,1-5H3. The Bertz CT molecular complexity index is 363. The quantitative estimate of drug-likeness (QED) is 0.671. The van der Waals surface area contributed by atoms with Crippen LogP contribution in [0.15, 0.2) is 23.5 Å². The van der Waals surface area contributed by atoms with Gasteiger partial charge in [0.15, 0.2) is 0 Å². The van der Waals surface area contributed by atoms with E-state index in [9.17, 15) is 0 Å². The predicted molar refractivity (Wildman–Crippen MR) is 84.5 cm³/mol. The summed E-state index contributed by atoms with van der Waals surface area (Å²) in [6, 6.07) is 0. The molecule has 0 fully saturated rings. The summed E-state index contributed by atoms with van der Waals surface area (Å²) in [4.78, 5) is 0. The van der Waals surface area contributed by atoms with Gasteiger partial charge in [0.1, 0.15) is 6.10 Å². The third kappa shape index (κ3) is 6.35. The van der Waals surface area contributed by atoms with E-state index >= 15 is 0 Å². The maximum atomic E-state index is 6.00. The zero-order valence-electron chi connectivity index (χ0n) is 12.7. The lowest BCUT2D eigenvalue weighted by atomic mass is 10.0. The van der Waals surface area contributed by atoms with Crippen molar-refractivity contribution in [1.82, 2.24) is 0 Å². The van der Waals surface area contributed by atoms with Crippen LogP contribution < -0.4 is 0 Å². The second kappa shape index (κ2) is 7.20. The fourth-order valence-electron chi connectivity index (χ4n) is 1.70. The van der Waals surface area contributed by atoms with Crippen molar-refractivity contribution in [2.45, 2.75) is 59.2 Å². The molecular weight excluding hydrogens is 256 g/mol. The van der Waals surface area contributed by atoms with Gasteiger partial charge in [0.2, 0.25) is 0 Å². The SMILES string of the molecule is CC(COC(C)(C)C)C(C)OC1=CC=C(C=S)CC1. The van der Waals surface area contributed by atoms with Crippen LogP contribution in [0.3, 0.4) is 0 Å². The highest BCUT2D eigenvalue weighted by molar-refractivity contribution is 7.79. The van der Waals surface area contributed by atoms with Crippen molar-refractivity contribution in [3.05, 3.63) is 23.5 Å². The van der Waals surface area contributed by atoms with E-state index in [4.69, 9.17) is 21.7 Å². The minimum absolute atomic E-state index is 0.0883. The number of thiocarbonyl (C=S) groups is 1. The molecule has 0 aromatic carbocycles. The molecule has 0 saturated carbocycles. The summed E-state index contributed by atoms with van der Waals surface area (Å²) in [7, 11) is 0. The average Bonchev–Trinajstić information content (AvgIpc) is 2.36. The van der Waals surface area contributed by atoms with Gasteiger partial charge in [-0.15, -0.1) is 0 Å². The second-order valence-electron chi connectivity index (χ2n) is 6.22. The van der Waals surface area contributed by atoms with Gasteiger partial charge in [0.05, 0.1) is 18.0 Å². The van der Waals surface area contributed by atoms with Crippen molar-refractivity contribution in [2.24, 2.45) is 5.92 Å². The highest BCUT2D eigenvalue weighted by Crippen LogP contribution is 2.22. The van der Waals surface area contributed by atoms with E-state index in [0.29, 0.717) is 5.92 Å². The second-order valence-corrected chi connectivity index (χ2v) is 6.45. The third-order valence-corrected chi connectivity index (χ3v) is 3.52. The molecule has 0 saturated heterocycles. The van der Waals surface area contributed by atoms with Crippen LogP contribution in [-0.2, 0) is 9.47 Å². The molecule has 0 spiro atoms. The van der Waals surface area contributed by atoms with Gasteiger partial charge in [-0.3, -0.25) is 0 Å². The fourth-order valence-corrected chi connectivity index (χ4v) is 1.90. The minimum Gasteiger partial charge on any atom is -0.495 e. The number of rotatable bonds is 6. The molecule has 0 radical (unpaired) electrons. The molecule has 0 aromatic rings. The molecule has 1 aliphatic rings. The molecule has 0 heterocycles. The fraction of sp³-hybridized carbons (Fsp3) is 0.688. The van der Waals surface area contributed by atoms with Crippen molar-refractivity contribution in [3.8, 4) is 0 Å². The molecule has 0 bridgehead atoms. The van der Waals surface area contributed by atoms with Crippen LogP contribution in [0.1, 0.15) is 47.5 Å².